The number of ether oxygens (including phenoxy) is 1. The molecule has 1 heterocycles. The summed E-state index contributed by atoms with van der Waals surface area (Å²) in [4.78, 5) is 39.3. The van der Waals surface area contributed by atoms with Gasteiger partial charge in [-0.05, 0) is 64.4 Å². The molecule has 3 aromatic rings. The molecule has 0 aromatic heterocycles. The minimum absolute atomic E-state index is 0.0640. The van der Waals surface area contributed by atoms with Crippen LogP contribution in [0.5, 0.6) is 0 Å². The molecule has 2 N–H and O–H groups in total. The zero-order valence-electron chi connectivity index (χ0n) is 25.7. The molecule has 0 aliphatic carbocycles. The number of rotatable bonds is 12. The molecule has 44 heavy (non-hydrogen) atoms. The van der Waals surface area contributed by atoms with Gasteiger partial charge in [-0.1, -0.05) is 72.8 Å². The second-order valence-electron chi connectivity index (χ2n) is 11.8. The van der Waals surface area contributed by atoms with Gasteiger partial charge in [0.05, 0.1) is 22.0 Å². The van der Waals surface area contributed by atoms with Gasteiger partial charge in [-0.15, -0.1) is 0 Å². The molecule has 0 saturated heterocycles. The maximum Gasteiger partial charge on any atom is 0.337 e. The molecule has 1 atom stereocenters. The van der Waals surface area contributed by atoms with Gasteiger partial charge in [-0.25, -0.2) is 9.59 Å². The highest BCUT2D eigenvalue weighted by molar-refractivity contribution is 5.99. The first-order valence-electron chi connectivity index (χ1n) is 14.6. The fourth-order valence-corrected chi connectivity index (χ4v) is 6.01. The van der Waals surface area contributed by atoms with E-state index in [0.717, 1.165) is 13.0 Å². The van der Waals surface area contributed by atoms with Crippen molar-refractivity contribution in [2.75, 3.05) is 20.1 Å². The van der Waals surface area contributed by atoms with Crippen LogP contribution in [0.25, 0.3) is 0 Å². The number of nitro benzene ring substituents is 1. The van der Waals surface area contributed by atoms with Gasteiger partial charge in [0, 0.05) is 36.0 Å². The average Bonchev–Trinajstić information content (AvgIpc) is 2.97. The van der Waals surface area contributed by atoms with Crippen LogP contribution in [0.15, 0.2) is 107 Å². The SMILES string of the molecule is CC1=C(C(=O)O)C(c2cccc([N+](=O)[O-])c2)C(C(=O)OC(C)(C)CN(C)CCC(c2ccccc2)c2ccccc2)=C(C)N1. The van der Waals surface area contributed by atoms with Crippen molar-refractivity contribution in [1.82, 2.24) is 10.2 Å². The van der Waals surface area contributed by atoms with Gasteiger partial charge in [-0.2, -0.15) is 0 Å². The van der Waals surface area contributed by atoms with Crippen molar-refractivity contribution in [3.05, 3.63) is 134 Å². The lowest BCUT2D eigenvalue weighted by molar-refractivity contribution is -0.384. The highest BCUT2D eigenvalue weighted by Gasteiger charge is 2.39. The summed E-state index contributed by atoms with van der Waals surface area (Å²) in [5.41, 5.74) is 2.50. The van der Waals surface area contributed by atoms with E-state index in [-0.39, 0.29) is 22.8 Å². The number of carboxylic acids is 1. The Bertz CT molecular complexity index is 1540. The largest absolute Gasteiger partial charge is 0.478 e. The number of non-ortho nitro benzene ring substituents is 1. The Kier molecular flexibility index (Phi) is 10.0. The first-order valence-corrected chi connectivity index (χ1v) is 14.6. The third kappa shape index (κ3) is 7.60. The Morgan fingerprint density at radius 3 is 2.07 bits per heavy atom. The topological polar surface area (TPSA) is 122 Å². The molecule has 9 nitrogen and oxygen atoms in total. The van der Waals surface area contributed by atoms with Crippen molar-refractivity contribution < 1.29 is 24.4 Å². The monoisotopic (exact) mass is 597 g/mol. The number of likely N-dealkylation sites (N-methyl/N-ethyl adjacent to an activating group) is 1. The number of hydrogen-bond donors (Lipinski definition) is 2. The van der Waals surface area contributed by atoms with Crippen LogP contribution in [0, 0.1) is 10.1 Å². The first-order chi connectivity index (χ1) is 20.9. The van der Waals surface area contributed by atoms with E-state index in [9.17, 15) is 24.8 Å². The molecule has 1 unspecified atom stereocenters. The molecule has 0 amide bonds. The van der Waals surface area contributed by atoms with Crippen LogP contribution in [0.3, 0.4) is 0 Å². The van der Waals surface area contributed by atoms with Crippen molar-refractivity contribution >= 4 is 17.6 Å². The van der Waals surface area contributed by atoms with Gasteiger partial charge in [0.15, 0.2) is 0 Å². The van der Waals surface area contributed by atoms with Gasteiger partial charge in [0.2, 0.25) is 0 Å². The van der Waals surface area contributed by atoms with E-state index in [1.165, 1.54) is 29.3 Å². The van der Waals surface area contributed by atoms with E-state index in [1.807, 2.05) is 57.3 Å². The molecule has 230 valence electrons. The van der Waals surface area contributed by atoms with Crippen LogP contribution >= 0.6 is 0 Å². The summed E-state index contributed by atoms with van der Waals surface area (Å²) >= 11 is 0. The molecule has 4 rings (SSSR count). The average molecular weight is 598 g/mol. The molecule has 3 aromatic carbocycles. The summed E-state index contributed by atoms with van der Waals surface area (Å²) in [5.74, 6) is -2.75. The summed E-state index contributed by atoms with van der Waals surface area (Å²) in [6.07, 6.45) is 0.851. The highest BCUT2D eigenvalue weighted by atomic mass is 16.6. The molecule has 1 aliphatic rings. The van der Waals surface area contributed by atoms with Gasteiger partial charge in [-0.3, -0.25) is 10.1 Å². The molecule has 0 fully saturated rings. The second kappa shape index (κ2) is 13.7. The maximum absolute atomic E-state index is 13.8. The lowest BCUT2D eigenvalue weighted by Gasteiger charge is -2.34. The van der Waals surface area contributed by atoms with Crippen LogP contribution in [0.1, 0.15) is 62.6 Å². The zero-order valence-corrected chi connectivity index (χ0v) is 25.7. The number of allylic oxidation sites excluding steroid dienone is 2. The number of aliphatic carboxylic acids is 1. The molecule has 0 bridgehead atoms. The van der Waals surface area contributed by atoms with Crippen LogP contribution in [0.2, 0.25) is 0 Å². The van der Waals surface area contributed by atoms with Crippen LogP contribution in [-0.4, -0.2) is 52.6 Å². The zero-order chi connectivity index (χ0) is 32.0. The fourth-order valence-electron chi connectivity index (χ4n) is 6.01. The Hall–Kier alpha value is -4.76. The van der Waals surface area contributed by atoms with E-state index >= 15 is 0 Å². The number of nitrogens with zero attached hydrogens (tertiary/aromatic N) is 2. The normalized spacial score (nSPS) is 15.4. The number of esters is 1. The number of nitro groups is 1. The fraction of sp³-hybridized carbons (Fsp3) is 0.314. The Labute approximate surface area is 258 Å². The van der Waals surface area contributed by atoms with Crippen molar-refractivity contribution in [2.24, 2.45) is 0 Å². The third-order valence-corrected chi connectivity index (χ3v) is 7.85. The van der Waals surface area contributed by atoms with Crippen molar-refractivity contribution in [1.29, 1.82) is 0 Å². The summed E-state index contributed by atoms with van der Waals surface area (Å²) in [6, 6.07) is 26.4. The Morgan fingerprint density at radius 2 is 1.52 bits per heavy atom. The minimum atomic E-state index is -1.23. The van der Waals surface area contributed by atoms with Crippen molar-refractivity contribution in [3.8, 4) is 0 Å². The predicted molar refractivity (Wildman–Crippen MR) is 169 cm³/mol. The highest BCUT2D eigenvalue weighted by Crippen LogP contribution is 2.40. The number of carboxylic acid groups (broad SMARTS) is 1. The second-order valence-corrected chi connectivity index (χ2v) is 11.8. The van der Waals surface area contributed by atoms with Crippen molar-refractivity contribution in [2.45, 2.75) is 51.6 Å². The number of benzene rings is 3. The molecular formula is C35H39N3O6. The predicted octanol–water partition coefficient (Wildman–Crippen LogP) is 6.39. The lowest BCUT2D eigenvalue weighted by Crippen LogP contribution is -2.42. The van der Waals surface area contributed by atoms with Gasteiger partial charge < -0.3 is 20.1 Å². The number of carbonyl (C=O) groups is 2. The van der Waals surface area contributed by atoms with Gasteiger partial charge in [0.1, 0.15) is 5.60 Å². The van der Waals surface area contributed by atoms with Gasteiger partial charge >= 0.3 is 11.9 Å². The number of dihydropyridines is 1. The number of carbonyl (C=O) groups excluding carboxylic acids is 1. The molecule has 9 heteroatoms. The number of hydrogen-bond acceptors (Lipinski definition) is 7. The molecule has 0 spiro atoms. The van der Waals surface area contributed by atoms with E-state index in [1.54, 1.807) is 19.9 Å². The standard InChI is InChI=1S/C35H39N3O6/c1-23-30(33(39)40)32(27-17-12-18-28(21-27)38(42)43)31(24(2)36-23)34(41)44-35(3,4)22-37(5)20-19-29(25-13-8-6-9-14-25)26-15-10-7-11-16-26/h6-18,21,29,32,36H,19-20,22H2,1-5H3,(H,39,40). The van der Waals surface area contributed by atoms with E-state index in [2.05, 4.69) is 34.5 Å². The summed E-state index contributed by atoms with van der Waals surface area (Å²) in [7, 11) is 1.98. The quantitative estimate of drug-likeness (QED) is 0.140. The van der Waals surface area contributed by atoms with Crippen LogP contribution in [0.4, 0.5) is 5.69 Å². The summed E-state index contributed by atoms with van der Waals surface area (Å²) in [6.45, 7) is 8.09. The molecular weight excluding hydrogens is 558 g/mol. The summed E-state index contributed by atoms with van der Waals surface area (Å²) < 4.78 is 6.06. The van der Waals surface area contributed by atoms with Crippen LogP contribution < -0.4 is 5.32 Å². The third-order valence-electron chi connectivity index (χ3n) is 7.85. The van der Waals surface area contributed by atoms with Crippen molar-refractivity contribution in [3.63, 3.8) is 0 Å². The summed E-state index contributed by atoms with van der Waals surface area (Å²) in [5, 5.41) is 24.6. The van der Waals surface area contributed by atoms with E-state index < -0.39 is 28.4 Å². The lowest BCUT2D eigenvalue weighted by atomic mass is 9.80. The van der Waals surface area contributed by atoms with Gasteiger partial charge in [0.25, 0.3) is 5.69 Å². The Morgan fingerprint density at radius 1 is 0.955 bits per heavy atom. The molecule has 0 saturated carbocycles. The smallest absolute Gasteiger partial charge is 0.337 e. The number of nitrogens with one attached hydrogen (secondary N) is 1. The minimum Gasteiger partial charge on any atom is -0.478 e. The first kappa shape index (κ1) is 32.2. The molecule has 1 aliphatic heterocycles. The van der Waals surface area contributed by atoms with Crippen LogP contribution in [-0.2, 0) is 14.3 Å². The van der Waals surface area contributed by atoms with E-state index in [0.29, 0.717) is 23.5 Å². The van der Waals surface area contributed by atoms with E-state index in [4.69, 9.17) is 4.74 Å². The maximum atomic E-state index is 13.8. The molecule has 0 radical (unpaired) electrons. The Balaban J connectivity index is 1.53.